The van der Waals surface area contributed by atoms with E-state index in [9.17, 15) is 4.79 Å². The molecule has 0 saturated heterocycles. The normalized spacial score (nSPS) is 12.3. The number of hydrogen-bond acceptors (Lipinski definition) is 6. The molecule has 2 N–H and O–H groups in total. The van der Waals surface area contributed by atoms with E-state index in [0.29, 0.717) is 28.7 Å². The second kappa shape index (κ2) is 5.88. The predicted molar refractivity (Wildman–Crippen MR) is 81.3 cm³/mol. The fourth-order valence-corrected chi connectivity index (χ4v) is 2.00. The lowest BCUT2D eigenvalue weighted by Crippen LogP contribution is -2.15. The predicted octanol–water partition coefficient (Wildman–Crippen LogP) is 2.28. The second-order valence-electron chi connectivity index (χ2n) is 5.13. The summed E-state index contributed by atoms with van der Waals surface area (Å²) < 4.78 is 10.5. The lowest BCUT2D eigenvalue weighted by atomic mass is 10.2. The van der Waals surface area contributed by atoms with Crippen molar-refractivity contribution >= 4 is 17.5 Å². The zero-order chi connectivity index (χ0) is 15.5. The topological polar surface area (TPSA) is 85.4 Å². The summed E-state index contributed by atoms with van der Waals surface area (Å²) in [5.74, 6) is 1.97. The first-order valence-electron chi connectivity index (χ1n) is 6.93. The number of carbonyl (C=O) groups excluding carboxylic acids is 1. The molecule has 0 bridgehead atoms. The van der Waals surface area contributed by atoms with Gasteiger partial charge in [-0.1, -0.05) is 0 Å². The van der Waals surface area contributed by atoms with Gasteiger partial charge in [-0.05, 0) is 44.2 Å². The molecule has 0 saturated carbocycles. The maximum absolute atomic E-state index is 12.2. The number of carbonyl (C=O) groups is 1. The highest BCUT2D eigenvalue weighted by Crippen LogP contribution is 2.32. The molecule has 1 aromatic heterocycles. The Balaban J connectivity index is 1.68. The van der Waals surface area contributed by atoms with Gasteiger partial charge in [0.25, 0.3) is 5.91 Å². The summed E-state index contributed by atoms with van der Waals surface area (Å²) in [7, 11) is 0. The fraction of sp³-hybridized carbons (Fsp3) is 0.267. The lowest BCUT2D eigenvalue weighted by molar-refractivity contribution is 0.102. The molecular weight excluding hydrogens is 284 g/mol. The highest BCUT2D eigenvalue weighted by molar-refractivity contribution is 6.04. The maximum Gasteiger partial charge on any atom is 0.257 e. The Morgan fingerprint density at radius 2 is 1.82 bits per heavy atom. The van der Waals surface area contributed by atoms with Crippen LogP contribution in [0.2, 0.25) is 0 Å². The molecule has 7 heteroatoms. The van der Waals surface area contributed by atoms with Crippen LogP contribution in [0.25, 0.3) is 0 Å². The standard InChI is InChI=1S/C15H16N4O3/c1-9(2)16-13-5-6-14(19-18-13)17-15(20)10-3-4-11-12(7-10)22-8-21-11/h3-7,9H,8H2,1-2H3,(H,16,18)(H,17,19,20). The first-order valence-corrected chi connectivity index (χ1v) is 6.93. The minimum atomic E-state index is -0.280. The average molecular weight is 300 g/mol. The molecule has 1 amide bonds. The van der Waals surface area contributed by atoms with Gasteiger partial charge < -0.3 is 20.1 Å². The molecule has 3 rings (SSSR count). The summed E-state index contributed by atoms with van der Waals surface area (Å²) in [4.78, 5) is 12.2. The van der Waals surface area contributed by atoms with Crippen LogP contribution in [0.15, 0.2) is 30.3 Å². The Kier molecular flexibility index (Phi) is 3.78. The minimum absolute atomic E-state index is 0.177. The van der Waals surface area contributed by atoms with Crippen LogP contribution in [0, 0.1) is 0 Å². The van der Waals surface area contributed by atoms with Gasteiger partial charge in [0.05, 0.1) is 0 Å². The molecule has 1 aliphatic rings. The second-order valence-corrected chi connectivity index (χ2v) is 5.13. The zero-order valence-electron chi connectivity index (χ0n) is 12.3. The first-order chi connectivity index (χ1) is 10.6. The molecule has 0 fully saturated rings. The fourth-order valence-electron chi connectivity index (χ4n) is 2.00. The molecule has 0 unspecified atom stereocenters. The quantitative estimate of drug-likeness (QED) is 0.901. The Morgan fingerprint density at radius 1 is 1.09 bits per heavy atom. The number of ether oxygens (including phenoxy) is 2. The van der Waals surface area contributed by atoms with Crippen LogP contribution >= 0.6 is 0 Å². The molecule has 2 heterocycles. The monoisotopic (exact) mass is 300 g/mol. The SMILES string of the molecule is CC(C)Nc1ccc(NC(=O)c2ccc3c(c2)OCO3)nn1. The largest absolute Gasteiger partial charge is 0.454 e. The van der Waals surface area contributed by atoms with E-state index in [1.54, 1.807) is 30.3 Å². The van der Waals surface area contributed by atoms with E-state index >= 15 is 0 Å². The molecule has 114 valence electrons. The van der Waals surface area contributed by atoms with Crippen LogP contribution in [0.3, 0.4) is 0 Å². The van der Waals surface area contributed by atoms with Crippen LogP contribution in [0.5, 0.6) is 11.5 Å². The van der Waals surface area contributed by atoms with Crippen molar-refractivity contribution < 1.29 is 14.3 Å². The van der Waals surface area contributed by atoms with E-state index in [-0.39, 0.29) is 18.7 Å². The number of nitrogens with one attached hydrogen (secondary N) is 2. The highest BCUT2D eigenvalue weighted by atomic mass is 16.7. The number of amides is 1. The van der Waals surface area contributed by atoms with Crippen LogP contribution in [-0.4, -0.2) is 28.9 Å². The van der Waals surface area contributed by atoms with Gasteiger partial charge in [-0.25, -0.2) is 0 Å². The molecule has 7 nitrogen and oxygen atoms in total. The van der Waals surface area contributed by atoms with Crippen molar-refractivity contribution in [1.82, 2.24) is 10.2 Å². The van der Waals surface area contributed by atoms with Gasteiger partial charge in [0.1, 0.15) is 5.82 Å². The molecule has 1 aliphatic heterocycles. The van der Waals surface area contributed by atoms with Gasteiger partial charge in [0, 0.05) is 11.6 Å². The van der Waals surface area contributed by atoms with Gasteiger partial charge in [-0.3, -0.25) is 4.79 Å². The van der Waals surface area contributed by atoms with Gasteiger partial charge >= 0.3 is 0 Å². The van der Waals surface area contributed by atoms with Gasteiger partial charge in [-0.2, -0.15) is 0 Å². The van der Waals surface area contributed by atoms with Crippen molar-refractivity contribution in [3.05, 3.63) is 35.9 Å². The zero-order valence-corrected chi connectivity index (χ0v) is 12.3. The number of rotatable bonds is 4. The van der Waals surface area contributed by atoms with Crippen molar-refractivity contribution in [3.63, 3.8) is 0 Å². The number of hydrogen-bond donors (Lipinski definition) is 2. The van der Waals surface area contributed by atoms with E-state index in [4.69, 9.17) is 9.47 Å². The Morgan fingerprint density at radius 3 is 2.55 bits per heavy atom. The molecule has 0 aliphatic carbocycles. The third-order valence-electron chi connectivity index (χ3n) is 2.98. The van der Waals surface area contributed by atoms with Crippen molar-refractivity contribution in [2.75, 3.05) is 17.4 Å². The van der Waals surface area contributed by atoms with Crippen molar-refractivity contribution in [3.8, 4) is 11.5 Å². The Hall–Kier alpha value is -2.83. The van der Waals surface area contributed by atoms with Gasteiger partial charge in [0.15, 0.2) is 17.3 Å². The van der Waals surface area contributed by atoms with Crippen molar-refractivity contribution in [2.24, 2.45) is 0 Å². The molecule has 0 atom stereocenters. The summed E-state index contributed by atoms with van der Waals surface area (Å²) in [6.07, 6.45) is 0. The molecule has 22 heavy (non-hydrogen) atoms. The summed E-state index contributed by atoms with van der Waals surface area (Å²) in [6.45, 7) is 4.20. The lowest BCUT2D eigenvalue weighted by Gasteiger charge is -2.09. The number of benzene rings is 1. The summed E-state index contributed by atoms with van der Waals surface area (Å²) >= 11 is 0. The number of aromatic nitrogens is 2. The van der Waals surface area contributed by atoms with Crippen molar-refractivity contribution in [1.29, 1.82) is 0 Å². The van der Waals surface area contributed by atoms with E-state index in [1.165, 1.54) is 0 Å². The summed E-state index contributed by atoms with van der Waals surface area (Å²) in [5, 5.41) is 13.8. The van der Waals surface area contributed by atoms with E-state index in [2.05, 4.69) is 20.8 Å². The van der Waals surface area contributed by atoms with Gasteiger partial charge in [0.2, 0.25) is 6.79 Å². The number of nitrogens with zero attached hydrogens (tertiary/aromatic N) is 2. The average Bonchev–Trinajstić information content (AvgIpc) is 2.96. The highest BCUT2D eigenvalue weighted by Gasteiger charge is 2.16. The third kappa shape index (κ3) is 3.08. The molecular formula is C15H16N4O3. The van der Waals surface area contributed by atoms with Crippen LogP contribution < -0.4 is 20.1 Å². The van der Waals surface area contributed by atoms with Crippen LogP contribution in [-0.2, 0) is 0 Å². The summed E-state index contributed by atoms with van der Waals surface area (Å²) in [5.41, 5.74) is 0.468. The van der Waals surface area contributed by atoms with Crippen LogP contribution in [0.1, 0.15) is 24.2 Å². The number of anilines is 2. The van der Waals surface area contributed by atoms with E-state index in [1.807, 2.05) is 13.8 Å². The first kappa shape index (κ1) is 14.1. The number of fused-ring (bicyclic) bond motifs is 1. The maximum atomic E-state index is 12.2. The van der Waals surface area contributed by atoms with Crippen molar-refractivity contribution in [2.45, 2.75) is 19.9 Å². The molecule has 2 aromatic rings. The van der Waals surface area contributed by atoms with Gasteiger partial charge in [-0.15, -0.1) is 10.2 Å². The smallest absolute Gasteiger partial charge is 0.257 e. The van der Waals surface area contributed by atoms with Crippen LogP contribution in [0.4, 0.5) is 11.6 Å². The molecule has 1 aromatic carbocycles. The van der Waals surface area contributed by atoms with E-state index in [0.717, 1.165) is 0 Å². The van der Waals surface area contributed by atoms with E-state index < -0.39 is 0 Å². The third-order valence-corrected chi connectivity index (χ3v) is 2.98. The Bertz CT molecular complexity index is 686. The Labute approximate surface area is 127 Å². The summed E-state index contributed by atoms with van der Waals surface area (Å²) in [6, 6.07) is 8.75. The molecule has 0 spiro atoms. The minimum Gasteiger partial charge on any atom is -0.454 e. The molecule has 0 radical (unpaired) electrons.